The molecule has 2 aliphatic carbocycles. The Kier molecular flexibility index (Phi) is 5.92. The average molecular weight is 443 g/mol. The summed E-state index contributed by atoms with van der Waals surface area (Å²) >= 11 is 12.1. The van der Waals surface area contributed by atoms with E-state index in [2.05, 4.69) is 22.8 Å². The predicted molar refractivity (Wildman–Crippen MR) is 122 cm³/mol. The highest BCUT2D eigenvalue weighted by molar-refractivity contribution is 6.42. The van der Waals surface area contributed by atoms with Gasteiger partial charge in [-0.15, -0.1) is 0 Å². The van der Waals surface area contributed by atoms with E-state index in [1.165, 1.54) is 11.1 Å². The molecular formula is C24H24Cl2N2O2. The minimum Gasteiger partial charge on any atom is -0.481 e. The monoisotopic (exact) mass is 442 g/mol. The van der Waals surface area contributed by atoms with Crippen molar-refractivity contribution in [1.29, 1.82) is 0 Å². The van der Waals surface area contributed by atoms with E-state index in [1.807, 2.05) is 43.3 Å². The summed E-state index contributed by atoms with van der Waals surface area (Å²) in [7, 11) is 0. The fraction of sp³-hybridized carbons (Fsp3) is 0.292. The lowest BCUT2D eigenvalue weighted by atomic mass is 9.82. The first-order valence-corrected chi connectivity index (χ1v) is 10.8. The van der Waals surface area contributed by atoms with E-state index in [4.69, 9.17) is 23.2 Å². The molecule has 0 saturated heterocycles. The second-order valence-electron chi connectivity index (χ2n) is 8.19. The number of nitrogens with one attached hydrogen (secondary N) is 2. The van der Waals surface area contributed by atoms with Crippen LogP contribution in [0.2, 0.25) is 10.0 Å². The molecule has 0 aliphatic heterocycles. The molecule has 0 bridgehead atoms. The summed E-state index contributed by atoms with van der Waals surface area (Å²) in [5.74, 6) is -1.45. The molecule has 2 aromatic rings. The van der Waals surface area contributed by atoms with Crippen molar-refractivity contribution in [2.75, 3.05) is 5.32 Å². The Morgan fingerprint density at radius 3 is 2.67 bits per heavy atom. The van der Waals surface area contributed by atoms with Gasteiger partial charge in [0, 0.05) is 18.3 Å². The highest BCUT2D eigenvalue weighted by atomic mass is 35.5. The van der Waals surface area contributed by atoms with Crippen LogP contribution in [0.5, 0.6) is 0 Å². The molecule has 0 fully saturated rings. The second-order valence-corrected chi connectivity index (χ2v) is 9.00. The summed E-state index contributed by atoms with van der Waals surface area (Å²) in [6, 6.07) is 12.4. The topological polar surface area (TPSA) is 61.4 Å². The molecule has 3 N–H and O–H groups in total. The van der Waals surface area contributed by atoms with Crippen molar-refractivity contribution in [3.63, 3.8) is 0 Å². The van der Waals surface area contributed by atoms with Crippen LogP contribution in [0.15, 0.2) is 60.7 Å². The first-order chi connectivity index (χ1) is 14.3. The number of halogens is 2. The molecule has 0 amide bonds. The zero-order chi connectivity index (χ0) is 21.3. The Morgan fingerprint density at radius 2 is 1.90 bits per heavy atom. The number of allylic oxidation sites excluding steroid dienone is 2. The number of carboxylic acids is 1. The van der Waals surface area contributed by atoms with Crippen molar-refractivity contribution < 1.29 is 9.90 Å². The standard InChI is InChI=1S/C24H24Cl2N2O2/c1-24(9-3-2-4-20(24)23(29)30)28-18-7-6-16-11-19(13-17(16)12-18)27-14-15-5-8-21(25)22(26)10-15/h2-10,12,19-20,27-28H,11,13-14H2,1H3,(H,29,30). The molecule has 0 saturated carbocycles. The van der Waals surface area contributed by atoms with Gasteiger partial charge in [0.1, 0.15) is 5.92 Å². The number of carboxylic acid groups (broad SMARTS) is 1. The predicted octanol–water partition coefficient (Wildman–Crippen LogP) is 5.25. The first-order valence-electron chi connectivity index (χ1n) is 10.0. The van der Waals surface area contributed by atoms with Gasteiger partial charge >= 0.3 is 5.97 Å². The van der Waals surface area contributed by atoms with E-state index in [0.717, 1.165) is 30.6 Å². The normalized spacial score (nSPS) is 24.6. The molecule has 2 aromatic carbocycles. The lowest BCUT2D eigenvalue weighted by Crippen LogP contribution is -2.44. The lowest BCUT2D eigenvalue weighted by molar-refractivity contribution is -0.141. The second kappa shape index (κ2) is 8.46. The van der Waals surface area contributed by atoms with Crippen LogP contribution < -0.4 is 10.6 Å². The Bertz CT molecular complexity index is 1030. The van der Waals surface area contributed by atoms with Crippen molar-refractivity contribution in [2.45, 2.75) is 37.9 Å². The number of carbonyl (C=O) groups is 1. The van der Waals surface area contributed by atoms with Crippen LogP contribution in [-0.4, -0.2) is 22.7 Å². The van der Waals surface area contributed by atoms with Gasteiger partial charge in [-0.25, -0.2) is 0 Å². The number of hydrogen-bond donors (Lipinski definition) is 3. The van der Waals surface area contributed by atoms with E-state index in [1.54, 1.807) is 12.2 Å². The van der Waals surface area contributed by atoms with Gasteiger partial charge in [0.05, 0.1) is 15.6 Å². The zero-order valence-electron chi connectivity index (χ0n) is 16.7. The largest absolute Gasteiger partial charge is 0.481 e. The maximum Gasteiger partial charge on any atom is 0.313 e. The minimum absolute atomic E-state index is 0.351. The van der Waals surface area contributed by atoms with Gasteiger partial charge in [-0.1, -0.05) is 59.6 Å². The van der Waals surface area contributed by atoms with Crippen molar-refractivity contribution in [2.24, 2.45) is 5.92 Å². The van der Waals surface area contributed by atoms with E-state index >= 15 is 0 Å². The highest BCUT2D eigenvalue weighted by Gasteiger charge is 2.37. The van der Waals surface area contributed by atoms with Gasteiger partial charge in [-0.2, -0.15) is 0 Å². The fourth-order valence-electron chi connectivity index (χ4n) is 4.26. The van der Waals surface area contributed by atoms with Crippen LogP contribution >= 0.6 is 23.2 Å². The Balaban J connectivity index is 1.41. The molecule has 156 valence electrons. The van der Waals surface area contributed by atoms with Gasteiger partial charge in [0.25, 0.3) is 0 Å². The number of rotatable bonds is 6. The van der Waals surface area contributed by atoms with Crippen LogP contribution in [0.4, 0.5) is 5.69 Å². The molecule has 0 radical (unpaired) electrons. The maximum atomic E-state index is 11.7. The third-order valence-electron chi connectivity index (χ3n) is 5.90. The molecule has 6 heteroatoms. The number of hydrogen-bond acceptors (Lipinski definition) is 3. The summed E-state index contributed by atoms with van der Waals surface area (Å²) in [5, 5.41) is 17.8. The molecule has 2 aliphatic rings. The van der Waals surface area contributed by atoms with Gasteiger partial charge in [-0.3, -0.25) is 4.79 Å². The Labute approximate surface area is 186 Å². The zero-order valence-corrected chi connectivity index (χ0v) is 18.2. The summed E-state index contributed by atoms with van der Waals surface area (Å²) < 4.78 is 0. The Hall–Kier alpha value is -2.27. The summed E-state index contributed by atoms with van der Waals surface area (Å²) in [4.78, 5) is 11.7. The average Bonchev–Trinajstić information content (AvgIpc) is 3.11. The van der Waals surface area contributed by atoms with Crippen molar-refractivity contribution in [3.05, 3.63) is 87.4 Å². The molecule has 3 atom stereocenters. The van der Waals surface area contributed by atoms with E-state index in [0.29, 0.717) is 16.1 Å². The third-order valence-corrected chi connectivity index (χ3v) is 6.64. The van der Waals surface area contributed by atoms with Gasteiger partial charge in [0.2, 0.25) is 0 Å². The number of anilines is 1. The van der Waals surface area contributed by atoms with Crippen LogP contribution in [0.1, 0.15) is 23.6 Å². The molecule has 30 heavy (non-hydrogen) atoms. The van der Waals surface area contributed by atoms with Crippen LogP contribution in [-0.2, 0) is 24.2 Å². The fourth-order valence-corrected chi connectivity index (χ4v) is 4.58. The minimum atomic E-state index is -0.835. The van der Waals surface area contributed by atoms with Gasteiger partial charge in [0.15, 0.2) is 0 Å². The molecule has 4 nitrogen and oxygen atoms in total. The number of aliphatic carboxylic acids is 1. The lowest BCUT2D eigenvalue weighted by Gasteiger charge is -2.34. The molecule has 0 heterocycles. The van der Waals surface area contributed by atoms with E-state index in [-0.39, 0.29) is 0 Å². The summed E-state index contributed by atoms with van der Waals surface area (Å²) in [5.41, 5.74) is 3.99. The first kappa shape index (κ1) is 21.0. The number of benzene rings is 2. The summed E-state index contributed by atoms with van der Waals surface area (Å²) in [6.45, 7) is 2.65. The van der Waals surface area contributed by atoms with E-state index < -0.39 is 17.4 Å². The quantitative estimate of drug-likeness (QED) is 0.571. The molecule has 3 unspecified atom stereocenters. The molecular weight excluding hydrogens is 419 g/mol. The van der Waals surface area contributed by atoms with Gasteiger partial charge < -0.3 is 15.7 Å². The van der Waals surface area contributed by atoms with Crippen LogP contribution in [0.3, 0.4) is 0 Å². The highest BCUT2D eigenvalue weighted by Crippen LogP contribution is 2.32. The van der Waals surface area contributed by atoms with Crippen molar-refractivity contribution in [1.82, 2.24) is 5.32 Å². The molecule has 0 aromatic heterocycles. The van der Waals surface area contributed by atoms with E-state index in [9.17, 15) is 9.90 Å². The molecule has 0 spiro atoms. The third kappa shape index (κ3) is 4.41. The maximum absolute atomic E-state index is 11.7. The number of fused-ring (bicyclic) bond motifs is 1. The van der Waals surface area contributed by atoms with Crippen molar-refractivity contribution >= 4 is 34.9 Å². The van der Waals surface area contributed by atoms with Gasteiger partial charge in [-0.05, 0) is 60.7 Å². The van der Waals surface area contributed by atoms with Crippen LogP contribution in [0.25, 0.3) is 0 Å². The summed E-state index contributed by atoms with van der Waals surface area (Å²) in [6.07, 6.45) is 9.22. The SMILES string of the molecule is CC1(Nc2ccc3c(c2)CC(NCc2ccc(Cl)c(Cl)c2)C3)C=CC=CC1C(=O)O. The van der Waals surface area contributed by atoms with Crippen LogP contribution in [0, 0.1) is 5.92 Å². The smallest absolute Gasteiger partial charge is 0.313 e. The Morgan fingerprint density at radius 1 is 1.10 bits per heavy atom. The van der Waals surface area contributed by atoms with Crippen molar-refractivity contribution in [3.8, 4) is 0 Å². The molecule has 4 rings (SSSR count).